The summed E-state index contributed by atoms with van der Waals surface area (Å²) < 4.78 is 0. The van der Waals surface area contributed by atoms with E-state index in [-0.39, 0.29) is 24.1 Å². The van der Waals surface area contributed by atoms with Crippen LogP contribution in [0.4, 0.5) is 5.69 Å². The van der Waals surface area contributed by atoms with E-state index in [9.17, 15) is 9.59 Å². The van der Waals surface area contributed by atoms with E-state index in [1.807, 2.05) is 42.5 Å². The van der Waals surface area contributed by atoms with E-state index in [4.69, 9.17) is 0 Å². The quantitative estimate of drug-likeness (QED) is 0.644. The van der Waals surface area contributed by atoms with Gasteiger partial charge in [-0.15, -0.1) is 0 Å². The first-order valence-corrected chi connectivity index (χ1v) is 7.89. The number of hydrogen-bond donors (Lipinski definition) is 3. The second kappa shape index (κ2) is 8.03. The fraction of sp³-hybridized carbons (Fsp3) is 0.105. The number of nitrogens with zero attached hydrogens (tertiary/aromatic N) is 1. The van der Waals surface area contributed by atoms with Crippen molar-refractivity contribution in [2.24, 2.45) is 0 Å². The third-order valence-electron chi connectivity index (χ3n) is 3.68. The molecular formula is C19H18N4O2. The summed E-state index contributed by atoms with van der Waals surface area (Å²) in [7, 11) is 0. The lowest BCUT2D eigenvalue weighted by molar-refractivity contribution is -0.115. The van der Waals surface area contributed by atoms with Gasteiger partial charge in [-0.2, -0.15) is 0 Å². The minimum atomic E-state index is -0.261. The summed E-state index contributed by atoms with van der Waals surface area (Å²) in [5, 5.41) is 5.95. The van der Waals surface area contributed by atoms with Gasteiger partial charge in [-0.1, -0.05) is 36.4 Å². The summed E-state index contributed by atoms with van der Waals surface area (Å²) >= 11 is 0. The maximum Gasteiger partial charge on any atom is 0.249 e. The number of aromatic amines is 1. The van der Waals surface area contributed by atoms with Crippen LogP contribution >= 0.6 is 0 Å². The molecule has 0 saturated heterocycles. The summed E-state index contributed by atoms with van der Waals surface area (Å²) in [5.41, 5.74) is 2.22. The fourth-order valence-electron chi connectivity index (χ4n) is 2.54. The lowest BCUT2D eigenvalue weighted by Crippen LogP contribution is -2.32. The van der Waals surface area contributed by atoms with Gasteiger partial charge in [0.25, 0.3) is 0 Å². The molecular weight excluding hydrogens is 316 g/mol. The number of aromatic nitrogens is 2. The Kier molecular flexibility index (Phi) is 5.33. The Morgan fingerprint density at radius 1 is 1.08 bits per heavy atom. The van der Waals surface area contributed by atoms with E-state index in [2.05, 4.69) is 20.6 Å². The first kappa shape index (κ1) is 16.6. The Balaban J connectivity index is 1.71. The number of anilines is 1. The number of pyridine rings is 2. The molecule has 1 amide bonds. The third-order valence-corrected chi connectivity index (χ3v) is 3.68. The number of carbonyl (C=O) groups is 1. The number of H-pyrrole nitrogens is 1. The van der Waals surface area contributed by atoms with Crippen LogP contribution in [0.2, 0.25) is 0 Å². The number of amides is 1. The normalized spacial score (nSPS) is 11.7. The zero-order valence-electron chi connectivity index (χ0n) is 13.5. The molecule has 1 atom stereocenters. The topological polar surface area (TPSA) is 86.9 Å². The van der Waals surface area contributed by atoms with Gasteiger partial charge in [-0.25, -0.2) is 0 Å². The van der Waals surface area contributed by atoms with E-state index < -0.39 is 0 Å². The molecule has 0 radical (unpaired) electrons. The third kappa shape index (κ3) is 4.62. The van der Waals surface area contributed by atoms with Gasteiger partial charge in [-0.05, 0) is 23.3 Å². The smallest absolute Gasteiger partial charge is 0.249 e. The van der Waals surface area contributed by atoms with E-state index in [1.54, 1.807) is 18.5 Å². The van der Waals surface area contributed by atoms with Crippen LogP contribution in [0.5, 0.6) is 0 Å². The van der Waals surface area contributed by atoms with Crippen molar-refractivity contribution >= 4 is 11.6 Å². The predicted molar refractivity (Wildman–Crippen MR) is 96.2 cm³/mol. The molecule has 0 aliphatic rings. The van der Waals surface area contributed by atoms with Crippen LogP contribution in [0.15, 0.2) is 78.0 Å². The number of nitrogens with one attached hydrogen (secondary N) is 3. The number of carbonyl (C=O) groups excluding carboxylic acids is 1. The molecule has 126 valence electrons. The Bertz CT molecular complexity index is 839. The van der Waals surface area contributed by atoms with Crippen molar-refractivity contribution in [1.82, 2.24) is 15.3 Å². The first-order chi connectivity index (χ1) is 12.2. The Morgan fingerprint density at radius 3 is 2.60 bits per heavy atom. The molecule has 1 aromatic carbocycles. The van der Waals surface area contributed by atoms with Crippen molar-refractivity contribution in [3.63, 3.8) is 0 Å². The maximum absolute atomic E-state index is 12.2. The Hall–Kier alpha value is -3.25. The molecule has 0 spiro atoms. The molecule has 0 saturated carbocycles. The van der Waals surface area contributed by atoms with Crippen molar-refractivity contribution in [3.8, 4) is 0 Å². The van der Waals surface area contributed by atoms with Gasteiger partial charge in [-0.3, -0.25) is 19.9 Å². The highest BCUT2D eigenvalue weighted by molar-refractivity contribution is 5.92. The second-order valence-corrected chi connectivity index (χ2v) is 5.50. The molecule has 3 N–H and O–H groups in total. The molecule has 6 nitrogen and oxygen atoms in total. The monoisotopic (exact) mass is 334 g/mol. The largest absolute Gasteiger partial charge is 0.329 e. The molecule has 25 heavy (non-hydrogen) atoms. The van der Waals surface area contributed by atoms with Crippen LogP contribution in [0.25, 0.3) is 0 Å². The molecule has 6 heteroatoms. The number of rotatable bonds is 6. The SMILES string of the molecule is O=C(CNC(c1ccccc1)c1cccnc1)Nc1cc[nH]c(=O)c1. The average Bonchev–Trinajstić information content (AvgIpc) is 2.64. The van der Waals surface area contributed by atoms with Crippen LogP contribution in [-0.4, -0.2) is 22.4 Å². The van der Waals surface area contributed by atoms with Gasteiger partial charge in [0.05, 0.1) is 12.6 Å². The van der Waals surface area contributed by atoms with Gasteiger partial charge in [0.1, 0.15) is 0 Å². The average molecular weight is 334 g/mol. The lowest BCUT2D eigenvalue weighted by atomic mass is 10.0. The molecule has 0 aliphatic heterocycles. The van der Waals surface area contributed by atoms with Gasteiger partial charge in [0, 0.05) is 30.3 Å². The fourth-order valence-corrected chi connectivity index (χ4v) is 2.54. The minimum absolute atomic E-state index is 0.0985. The van der Waals surface area contributed by atoms with Gasteiger partial charge < -0.3 is 10.3 Å². The van der Waals surface area contributed by atoms with Crippen LogP contribution in [0.3, 0.4) is 0 Å². The maximum atomic E-state index is 12.2. The highest BCUT2D eigenvalue weighted by Gasteiger charge is 2.15. The zero-order valence-corrected chi connectivity index (χ0v) is 13.5. The molecule has 0 fully saturated rings. The van der Waals surface area contributed by atoms with Crippen molar-refractivity contribution < 1.29 is 4.79 Å². The zero-order chi connectivity index (χ0) is 17.5. The number of benzene rings is 1. The summed E-state index contributed by atoms with van der Waals surface area (Å²) in [6.07, 6.45) is 4.98. The van der Waals surface area contributed by atoms with Crippen LogP contribution < -0.4 is 16.2 Å². The van der Waals surface area contributed by atoms with E-state index in [1.165, 1.54) is 12.3 Å². The Morgan fingerprint density at radius 2 is 1.88 bits per heavy atom. The van der Waals surface area contributed by atoms with E-state index in [0.29, 0.717) is 5.69 Å². The molecule has 0 bridgehead atoms. The lowest BCUT2D eigenvalue weighted by Gasteiger charge is -2.19. The van der Waals surface area contributed by atoms with Crippen LogP contribution in [0, 0.1) is 0 Å². The van der Waals surface area contributed by atoms with E-state index in [0.717, 1.165) is 11.1 Å². The Labute approximate surface area is 145 Å². The summed E-state index contributed by atoms with van der Waals surface area (Å²) in [4.78, 5) is 30.1. The summed E-state index contributed by atoms with van der Waals surface area (Å²) in [5.74, 6) is -0.226. The van der Waals surface area contributed by atoms with Crippen molar-refractivity contribution in [3.05, 3.63) is 94.7 Å². The second-order valence-electron chi connectivity index (χ2n) is 5.50. The van der Waals surface area contributed by atoms with Gasteiger partial charge >= 0.3 is 0 Å². The summed E-state index contributed by atoms with van der Waals surface area (Å²) in [6.45, 7) is 0.0985. The van der Waals surface area contributed by atoms with Crippen molar-refractivity contribution in [2.75, 3.05) is 11.9 Å². The predicted octanol–water partition coefficient (Wildman–Crippen LogP) is 2.09. The van der Waals surface area contributed by atoms with E-state index >= 15 is 0 Å². The highest BCUT2D eigenvalue weighted by atomic mass is 16.2. The molecule has 1 unspecified atom stereocenters. The van der Waals surface area contributed by atoms with Crippen molar-refractivity contribution in [2.45, 2.75) is 6.04 Å². The summed E-state index contributed by atoms with van der Waals surface area (Å²) in [6, 6.07) is 16.5. The molecule has 3 rings (SSSR count). The number of hydrogen-bond acceptors (Lipinski definition) is 4. The van der Waals surface area contributed by atoms with Crippen LogP contribution in [-0.2, 0) is 4.79 Å². The van der Waals surface area contributed by atoms with Gasteiger partial charge in [0.2, 0.25) is 11.5 Å². The molecule has 2 heterocycles. The highest BCUT2D eigenvalue weighted by Crippen LogP contribution is 2.20. The molecule has 0 aliphatic carbocycles. The van der Waals surface area contributed by atoms with Crippen molar-refractivity contribution in [1.29, 1.82) is 0 Å². The van der Waals surface area contributed by atoms with Gasteiger partial charge in [0.15, 0.2) is 0 Å². The first-order valence-electron chi connectivity index (χ1n) is 7.89. The molecule has 2 aromatic heterocycles. The standard InChI is InChI=1S/C19H18N4O2/c24-17-11-16(8-10-21-17)23-18(25)13-22-19(14-5-2-1-3-6-14)15-7-4-9-20-12-15/h1-12,19,22H,13H2,(H2,21,23,24,25). The molecule has 3 aromatic rings. The van der Waals surface area contributed by atoms with Crippen LogP contribution in [0.1, 0.15) is 17.2 Å². The minimum Gasteiger partial charge on any atom is -0.329 e.